The maximum absolute atomic E-state index is 14.3. The molecule has 4 aromatic carbocycles. The van der Waals surface area contributed by atoms with Gasteiger partial charge in [0, 0.05) is 13.1 Å². The molecular formula is C38H44N2O10. The molecule has 0 aliphatic heterocycles. The third kappa shape index (κ3) is 9.22. The second kappa shape index (κ2) is 17.6. The first kappa shape index (κ1) is 37.0. The number of methoxy groups -OCH3 is 6. The minimum atomic E-state index is -0.936. The number of phenols is 2. The average molecular weight is 689 g/mol. The normalized spacial score (nSPS) is 11.9. The molecule has 12 heteroatoms. The molecule has 266 valence electrons. The Kier molecular flexibility index (Phi) is 13.0. The lowest BCUT2D eigenvalue weighted by molar-refractivity contribution is -0.135. The second-order valence-electron chi connectivity index (χ2n) is 11.5. The number of carbonyl (C=O) groups excluding carboxylic acids is 2. The van der Waals surface area contributed by atoms with E-state index in [1.165, 1.54) is 28.4 Å². The molecule has 0 fully saturated rings. The lowest BCUT2D eigenvalue weighted by Crippen LogP contribution is -2.44. The van der Waals surface area contributed by atoms with Crippen LogP contribution in [0.25, 0.3) is 0 Å². The topological polar surface area (TPSA) is 154 Å². The molecule has 0 aliphatic rings. The zero-order valence-electron chi connectivity index (χ0n) is 29.1. The highest BCUT2D eigenvalue weighted by Crippen LogP contribution is 2.40. The van der Waals surface area contributed by atoms with Gasteiger partial charge in [-0.1, -0.05) is 24.3 Å². The molecule has 0 saturated heterocycles. The molecule has 50 heavy (non-hydrogen) atoms. The lowest BCUT2D eigenvalue weighted by Gasteiger charge is -2.27. The van der Waals surface area contributed by atoms with Crippen LogP contribution in [0.1, 0.15) is 22.3 Å². The maximum atomic E-state index is 14.3. The van der Waals surface area contributed by atoms with Crippen molar-refractivity contribution in [2.45, 2.75) is 25.9 Å². The van der Waals surface area contributed by atoms with Crippen molar-refractivity contribution in [3.63, 3.8) is 0 Å². The molecule has 0 radical (unpaired) electrons. The lowest BCUT2D eigenvalue weighted by atomic mass is 9.81. The summed E-state index contributed by atoms with van der Waals surface area (Å²) in [5.41, 5.74) is 2.85. The zero-order valence-corrected chi connectivity index (χ0v) is 29.1. The van der Waals surface area contributed by atoms with E-state index in [-0.39, 0.29) is 72.2 Å². The van der Waals surface area contributed by atoms with Gasteiger partial charge >= 0.3 is 0 Å². The summed E-state index contributed by atoms with van der Waals surface area (Å²) in [6.45, 7) is 0.394. The maximum Gasteiger partial charge on any atom is 0.224 e. The summed E-state index contributed by atoms with van der Waals surface area (Å²) < 4.78 is 32.0. The number of ether oxygens (including phenoxy) is 6. The smallest absolute Gasteiger partial charge is 0.224 e. The summed E-state index contributed by atoms with van der Waals surface area (Å²) in [5.74, 6) is -1.01. The van der Waals surface area contributed by atoms with Crippen LogP contribution in [-0.2, 0) is 35.5 Å². The first-order valence-corrected chi connectivity index (χ1v) is 15.8. The predicted molar refractivity (Wildman–Crippen MR) is 186 cm³/mol. The van der Waals surface area contributed by atoms with E-state index in [1.807, 2.05) is 24.3 Å². The molecule has 4 rings (SSSR count). The number of carbonyl (C=O) groups is 2. The van der Waals surface area contributed by atoms with Crippen LogP contribution in [0.2, 0.25) is 0 Å². The molecular weight excluding hydrogens is 644 g/mol. The predicted octanol–water partition coefficient (Wildman–Crippen LogP) is 4.80. The van der Waals surface area contributed by atoms with E-state index >= 15 is 0 Å². The van der Waals surface area contributed by atoms with Crippen molar-refractivity contribution >= 4 is 11.8 Å². The first-order valence-electron chi connectivity index (χ1n) is 15.8. The van der Waals surface area contributed by atoms with Gasteiger partial charge in [0.15, 0.2) is 23.0 Å². The quantitative estimate of drug-likeness (QED) is 0.122. The van der Waals surface area contributed by atoms with Gasteiger partial charge in [0.25, 0.3) is 0 Å². The molecule has 0 heterocycles. The molecule has 2 amide bonds. The Bertz CT molecular complexity index is 1560. The molecule has 2 atom stereocenters. The number of nitrogens with one attached hydrogen (secondary N) is 2. The Hall–Kier alpha value is -5.78. The van der Waals surface area contributed by atoms with Crippen LogP contribution in [0.3, 0.4) is 0 Å². The largest absolute Gasteiger partial charge is 0.502 e. The zero-order chi connectivity index (χ0) is 36.2. The fraction of sp³-hybridized carbons (Fsp3) is 0.316. The number of hydrogen-bond donors (Lipinski definition) is 4. The molecule has 0 aromatic heterocycles. The van der Waals surface area contributed by atoms with Gasteiger partial charge in [-0.05, 0) is 83.6 Å². The van der Waals surface area contributed by atoms with Crippen molar-refractivity contribution < 1.29 is 48.2 Å². The fourth-order valence-corrected chi connectivity index (χ4v) is 5.60. The van der Waals surface area contributed by atoms with E-state index in [0.717, 1.165) is 11.1 Å². The molecule has 0 saturated carbocycles. The van der Waals surface area contributed by atoms with Gasteiger partial charge in [0.05, 0.1) is 54.5 Å². The third-order valence-corrected chi connectivity index (χ3v) is 8.40. The summed E-state index contributed by atoms with van der Waals surface area (Å²) in [6, 6.07) is 21.0. The number of phenolic OH excluding ortho intramolecular Hbond substituents is 2. The third-order valence-electron chi connectivity index (χ3n) is 8.40. The van der Waals surface area contributed by atoms with Crippen molar-refractivity contribution in [1.82, 2.24) is 10.6 Å². The second-order valence-corrected chi connectivity index (χ2v) is 11.5. The number of aromatic hydroxyl groups is 2. The minimum Gasteiger partial charge on any atom is -0.502 e. The Morgan fingerprint density at radius 3 is 1.06 bits per heavy atom. The Morgan fingerprint density at radius 1 is 0.500 bits per heavy atom. The van der Waals surface area contributed by atoms with Crippen LogP contribution >= 0.6 is 0 Å². The van der Waals surface area contributed by atoms with E-state index < -0.39 is 11.8 Å². The molecule has 0 unspecified atom stereocenters. The van der Waals surface area contributed by atoms with E-state index in [2.05, 4.69) is 10.6 Å². The van der Waals surface area contributed by atoms with Crippen molar-refractivity contribution in [3.8, 4) is 46.0 Å². The Morgan fingerprint density at radius 2 is 0.800 bits per heavy atom. The number of amides is 2. The van der Waals surface area contributed by atoms with Gasteiger partial charge in [-0.3, -0.25) is 9.59 Å². The van der Waals surface area contributed by atoms with Crippen molar-refractivity contribution in [1.29, 1.82) is 0 Å². The van der Waals surface area contributed by atoms with Crippen LogP contribution < -0.4 is 39.1 Å². The van der Waals surface area contributed by atoms with Gasteiger partial charge in [0.1, 0.15) is 11.5 Å². The van der Waals surface area contributed by atoms with Crippen molar-refractivity contribution in [3.05, 3.63) is 95.1 Å². The average Bonchev–Trinajstić information content (AvgIpc) is 3.15. The Labute approximate surface area is 291 Å². The van der Waals surface area contributed by atoms with E-state index in [4.69, 9.17) is 28.4 Å². The van der Waals surface area contributed by atoms with Gasteiger partial charge in [-0.25, -0.2) is 0 Å². The van der Waals surface area contributed by atoms with E-state index in [1.54, 1.807) is 62.8 Å². The summed E-state index contributed by atoms with van der Waals surface area (Å²) in [4.78, 5) is 28.5. The number of benzene rings is 4. The summed E-state index contributed by atoms with van der Waals surface area (Å²) in [7, 11) is 8.81. The monoisotopic (exact) mass is 688 g/mol. The minimum absolute atomic E-state index is 0.0778. The molecule has 0 bridgehead atoms. The molecule has 0 spiro atoms. The Balaban J connectivity index is 1.76. The van der Waals surface area contributed by atoms with Gasteiger partial charge in [0.2, 0.25) is 23.3 Å². The summed E-state index contributed by atoms with van der Waals surface area (Å²) in [6.07, 6.45) is 0.156. The van der Waals surface area contributed by atoms with Gasteiger partial charge < -0.3 is 49.3 Å². The molecule has 4 N–H and O–H groups in total. The number of rotatable bonds is 17. The van der Waals surface area contributed by atoms with Gasteiger partial charge in [-0.15, -0.1) is 0 Å². The summed E-state index contributed by atoms with van der Waals surface area (Å²) >= 11 is 0. The van der Waals surface area contributed by atoms with E-state index in [0.29, 0.717) is 22.6 Å². The van der Waals surface area contributed by atoms with Crippen LogP contribution in [0.4, 0.5) is 0 Å². The van der Waals surface area contributed by atoms with Gasteiger partial charge in [-0.2, -0.15) is 0 Å². The van der Waals surface area contributed by atoms with Crippen LogP contribution in [0.15, 0.2) is 72.8 Å². The highest BCUT2D eigenvalue weighted by molar-refractivity contribution is 5.88. The highest BCUT2D eigenvalue weighted by atomic mass is 16.5. The first-order chi connectivity index (χ1) is 24.1. The van der Waals surface area contributed by atoms with Crippen LogP contribution in [0.5, 0.6) is 46.0 Å². The van der Waals surface area contributed by atoms with Crippen LogP contribution in [-0.4, -0.2) is 64.7 Å². The van der Waals surface area contributed by atoms with Crippen LogP contribution in [0, 0.1) is 11.8 Å². The summed E-state index contributed by atoms with van der Waals surface area (Å²) in [5, 5.41) is 27.2. The fourth-order valence-electron chi connectivity index (χ4n) is 5.60. The standard InChI is InChI=1S/C38H44N2O10/c1-45-27-11-7-23(8-12-27)21-39-37(43)29(15-25-17-31(47-3)35(41)32(18-25)48-4)30(16-26-19-33(49-5)36(42)34(20-26)50-6)38(44)40-22-24-9-13-28(46-2)14-10-24/h7-14,17-20,29-30,41-42H,15-16,21-22H2,1-6H3,(H,39,43)(H,40,44)/t29-,30+. The van der Waals surface area contributed by atoms with Crippen molar-refractivity contribution in [2.75, 3.05) is 42.7 Å². The number of hydrogen-bond acceptors (Lipinski definition) is 10. The molecule has 12 nitrogen and oxygen atoms in total. The van der Waals surface area contributed by atoms with E-state index in [9.17, 15) is 19.8 Å². The SMILES string of the molecule is COc1ccc(CNC(=O)[C@@H](Cc2cc(OC)c(O)c(OC)c2)[C@@H](Cc2cc(OC)c(O)c(OC)c2)C(=O)NCc2ccc(OC)cc2)cc1. The molecule has 0 aliphatic carbocycles. The van der Waals surface area contributed by atoms with Crippen molar-refractivity contribution in [2.24, 2.45) is 11.8 Å². The molecule has 4 aromatic rings. The highest BCUT2D eigenvalue weighted by Gasteiger charge is 2.35.